The first-order chi connectivity index (χ1) is 18.4. The van der Waals surface area contributed by atoms with Gasteiger partial charge in [-0.1, -0.05) is 17.7 Å². The van der Waals surface area contributed by atoms with Gasteiger partial charge < -0.3 is 19.4 Å². The zero-order valence-electron chi connectivity index (χ0n) is 20.8. The van der Waals surface area contributed by atoms with Crippen molar-refractivity contribution in [2.75, 3.05) is 11.9 Å². The van der Waals surface area contributed by atoms with E-state index in [9.17, 15) is 27.2 Å². The largest absolute Gasteiger partial charge is 0.480 e. The quantitative estimate of drug-likeness (QED) is 0.256. The Kier molecular flexibility index (Phi) is 8.15. The number of anilines is 1. The number of nitrogens with zero attached hydrogens (tertiary/aromatic N) is 2. The minimum absolute atomic E-state index is 0.0203. The van der Waals surface area contributed by atoms with Crippen molar-refractivity contribution in [3.63, 3.8) is 0 Å². The topological polar surface area (TPSA) is 82.5 Å². The van der Waals surface area contributed by atoms with E-state index >= 15 is 4.39 Å². The SMILES string of the molecule is CCOC(=O)c1nc(-c2cc(O[C@@H](C)C(F)(F)F)c(C(=O)Nc3c(F)cccc3Cl)cc2F)n2c1CCCC2. The Morgan fingerprint density at radius 1 is 1.18 bits per heavy atom. The van der Waals surface area contributed by atoms with Crippen molar-refractivity contribution < 1.29 is 41.0 Å². The number of fused-ring (bicyclic) bond motifs is 1. The van der Waals surface area contributed by atoms with Crippen LogP contribution in [0.4, 0.5) is 27.6 Å². The number of nitrogens with one attached hydrogen (secondary N) is 1. The predicted octanol–water partition coefficient (Wildman–Crippen LogP) is 6.58. The number of alkyl halides is 3. The summed E-state index contributed by atoms with van der Waals surface area (Å²) in [7, 11) is 0. The molecular weight excluding hydrogens is 549 g/mol. The Hall–Kier alpha value is -3.67. The van der Waals surface area contributed by atoms with Gasteiger partial charge in [-0.15, -0.1) is 0 Å². The van der Waals surface area contributed by atoms with Crippen LogP contribution in [0.2, 0.25) is 5.02 Å². The van der Waals surface area contributed by atoms with Crippen LogP contribution in [0.5, 0.6) is 5.75 Å². The number of carbonyl (C=O) groups excluding carboxylic acids is 2. The molecule has 0 saturated carbocycles. The molecule has 1 N–H and O–H groups in total. The zero-order chi connectivity index (χ0) is 28.5. The number of benzene rings is 2. The van der Waals surface area contributed by atoms with Gasteiger partial charge in [0, 0.05) is 6.54 Å². The molecule has 39 heavy (non-hydrogen) atoms. The molecule has 1 aliphatic heterocycles. The first-order valence-electron chi connectivity index (χ1n) is 12.0. The highest BCUT2D eigenvalue weighted by Crippen LogP contribution is 2.36. The summed E-state index contributed by atoms with van der Waals surface area (Å²) >= 11 is 5.94. The van der Waals surface area contributed by atoms with E-state index in [-0.39, 0.29) is 28.7 Å². The molecule has 2 heterocycles. The maximum absolute atomic E-state index is 15.5. The van der Waals surface area contributed by atoms with Gasteiger partial charge in [0.2, 0.25) is 0 Å². The fourth-order valence-corrected chi connectivity index (χ4v) is 4.38. The minimum atomic E-state index is -4.82. The van der Waals surface area contributed by atoms with Crippen LogP contribution in [0.1, 0.15) is 53.2 Å². The van der Waals surface area contributed by atoms with E-state index in [1.807, 2.05) is 0 Å². The molecule has 0 aliphatic carbocycles. The van der Waals surface area contributed by atoms with Crippen LogP contribution in [0, 0.1) is 11.6 Å². The normalized spacial score (nSPS) is 13.9. The number of hydrogen-bond acceptors (Lipinski definition) is 5. The average Bonchev–Trinajstić information content (AvgIpc) is 3.26. The van der Waals surface area contributed by atoms with Crippen molar-refractivity contribution >= 4 is 29.2 Å². The molecule has 1 aromatic heterocycles. The maximum Gasteiger partial charge on any atom is 0.425 e. The molecule has 7 nitrogen and oxygen atoms in total. The first kappa shape index (κ1) is 28.3. The van der Waals surface area contributed by atoms with Crippen LogP contribution < -0.4 is 10.1 Å². The maximum atomic E-state index is 15.5. The molecule has 0 radical (unpaired) electrons. The molecule has 13 heteroatoms. The average molecular weight is 572 g/mol. The van der Waals surface area contributed by atoms with Gasteiger partial charge in [0.25, 0.3) is 5.91 Å². The summed E-state index contributed by atoms with van der Waals surface area (Å²) in [6, 6.07) is 5.17. The highest BCUT2D eigenvalue weighted by atomic mass is 35.5. The van der Waals surface area contributed by atoms with E-state index in [1.54, 1.807) is 11.5 Å². The Morgan fingerprint density at radius 2 is 1.92 bits per heavy atom. The Bertz CT molecular complexity index is 1400. The van der Waals surface area contributed by atoms with Gasteiger partial charge in [-0.05, 0) is 57.4 Å². The molecule has 1 aliphatic rings. The molecule has 208 valence electrons. The van der Waals surface area contributed by atoms with Crippen molar-refractivity contribution in [1.82, 2.24) is 9.55 Å². The molecule has 0 fully saturated rings. The number of para-hydroxylation sites is 1. The fourth-order valence-electron chi connectivity index (χ4n) is 4.17. The van der Waals surface area contributed by atoms with E-state index in [0.717, 1.165) is 18.6 Å². The monoisotopic (exact) mass is 571 g/mol. The number of carbonyl (C=O) groups is 2. The van der Waals surface area contributed by atoms with E-state index in [1.165, 1.54) is 12.1 Å². The van der Waals surface area contributed by atoms with Gasteiger partial charge in [-0.25, -0.2) is 18.6 Å². The lowest BCUT2D eigenvalue weighted by Crippen LogP contribution is -2.32. The van der Waals surface area contributed by atoms with Crippen LogP contribution in [0.3, 0.4) is 0 Å². The molecule has 4 rings (SSSR count). The fraction of sp³-hybridized carbons (Fsp3) is 0.346. The van der Waals surface area contributed by atoms with Gasteiger partial charge in [0.05, 0.1) is 34.1 Å². The van der Waals surface area contributed by atoms with Crippen LogP contribution in [0.25, 0.3) is 11.4 Å². The van der Waals surface area contributed by atoms with E-state index in [2.05, 4.69) is 10.3 Å². The summed E-state index contributed by atoms with van der Waals surface area (Å²) in [6.07, 6.45) is -5.31. The molecular formula is C26H23ClF5N3O4. The molecule has 0 unspecified atom stereocenters. The Labute approximate surface area is 224 Å². The number of rotatable bonds is 7. The number of amides is 1. The molecule has 0 saturated heterocycles. The van der Waals surface area contributed by atoms with Gasteiger partial charge in [-0.2, -0.15) is 13.2 Å². The summed E-state index contributed by atoms with van der Waals surface area (Å²) < 4.78 is 81.7. The molecule has 0 spiro atoms. The lowest BCUT2D eigenvalue weighted by Gasteiger charge is -2.21. The lowest BCUT2D eigenvalue weighted by molar-refractivity contribution is -0.189. The number of esters is 1. The van der Waals surface area contributed by atoms with Crippen molar-refractivity contribution in [3.8, 4) is 17.1 Å². The minimum Gasteiger partial charge on any atom is -0.480 e. The van der Waals surface area contributed by atoms with Gasteiger partial charge in [0.15, 0.2) is 11.8 Å². The summed E-state index contributed by atoms with van der Waals surface area (Å²) in [6.45, 7) is 2.79. The Balaban J connectivity index is 1.84. The predicted molar refractivity (Wildman–Crippen MR) is 132 cm³/mol. The second-order valence-electron chi connectivity index (χ2n) is 8.74. The number of imidazole rings is 1. The molecule has 1 amide bonds. The third-order valence-electron chi connectivity index (χ3n) is 6.11. The van der Waals surface area contributed by atoms with Crippen LogP contribution in [0.15, 0.2) is 30.3 Å². The van der Waals surface area contributed by atoms with E-state index in [0.29, 0.717) is 38.1 Å². The Morgan fingerprint density at radius 3 is 2.59 bits per heavy atom. The smallest absolute Gasteiger partial charge is 0.425 e. The number of aromatic nitrogens is 2. The first-order valence-corrected chi connectivity index (χ1v) is 12.4. The molecule has 3 aromatic rings. The third kappa shape index (κ3) is 5.85. The lowest BCUT2D eigenvalue weighted by atomic mass is 10.1. The summed E-state index contributed by atoms with van der Waals surface area (Å²) in [5.41, 5.74) is -0.879. The van der Waals surface area contributed by atoms with Crippen molar-refractivity contribution in [1.29, 1.82) is 0 Å². The second-order valence-corrected chi connectivity index (χ2v) is 9.15. The third-order valence-corrected chi connectivity index (χ3v) is 6.42. The highest BCUT2D eigenvalue weighted by molar-refractivity contribution is 6.34. The number of halogens is 6. The van der Waals surface area contributed by atoms with Crippen LogP contribution in [-0.4, -0.2) is 40.3 Å². The van der Waals surface area contributed by atoms with Crippen molar-refractivity contribution in [2.45, 2.75) is 51.9 Å². The standard InChI is InChI=1S/C26H23ClF5N3O4/c1-3-38-25(37)22-19-9-4-5-10-35(19)23(33-22)14-12-20(39-13(2)26(30,31)32)15(11-18(14)29)24(36)34-21-16(27)7-6-8-17(21)28/h6-8,11-13H,3-5,9-10H2,1-2H3,(H,34,36)/t13-/m0/s1. The van der Waals surface area contributed by atoms with Crippen molar-refractivity contribution in [2.24, 2.45) is 0 Å². The summed E-state index contributed by atoms with van der Waals surface area (Å²) in [5.74, 6) is -4.47. The van der Waals surface area contributed by atoms with Gasteiger partial charge in [0.1, 0.15) is 23.2 Å². The highest BCUT2D eigenvalue weighted by Gasteiger charge is 2.39. The van der Waals surface area contributed by atoms with Crippen molar-refractivity contribution in [3.05, 3.63) is 63.9 Å². The summed E-state index contributed by atoms with van der Waals surface area (Å²) in [5, 5.41) is 1.98. The zero-order valence-corrected chi connectivity index (χ0v) is 21.6. The second kappa shape index (κ2) is 11.2. The van der Waals surface area contributed by atoms with Gasteiger partial charge >= 0.3 is 12.1 Å². The van der Waals surface area contributed by atoms with Crippen LogP contribution >= 0.6 is 11.6 Å². The number of ether oxygens (including phenoxy) is 2. The molecule has 1 atom stereocenters. The van der Waals surface area contributed by atoms with E-state index in [4.69, 9.17) is 21.1 Å². The summed E-state index contributed by atoms with van der Waals surface area (Å²) in [4.78, 5) is 29.8. The molecule has 0 bridgehead atoms. The van der Waals surface area contributed by atoms with Gasteiger partial charge in [-0.3, -0.25) is 4.79 Å². The molecule has 2 aromatic carbocycles. The van der Waals surface area contributed by atoms with E-state index < -0.39 is 52.8 Å². The van der Waals surface area contributed by atoms with Crippen LogP contribution in [-0.2, 0) is 17.7 Å². The number of hydrogen-bond donors (Lipinski definition) is 1.